The van der Waals surface area contributed by atoms with E-state index in [9.17, 15) is 47.9 Å². The third-order valence-corrected chi connectivity index (χ3v) is 13.4. The summed E-state index contributed by atoms with van der Waals surface area (Å²) in [5.74, 6) is 1.38. The molecule has 97 heavy (non-hydrogen) atoms. The number of piperazine rings is 2. The van der Waals surface area contributed by atoms with Gasteiger partial charge in [-0.25, -0.2) is 19.2 Å². The van der Waals surface area contributed by atoms with Gasteiger partial charge in [-0.2, -0.15) is 28.8 Å². The molecule has 0 unspecified atom stereocenters. The van der Waals surface area contributed by atoms with Crippen molar-refractivity contribution in [3.8, 4) is 0 Å². The fraction of sp³-hybridized carbons (Fsp3) is 0.806. The minimum Gasteiger partial charge on any atom is -0.480 e. The first kappa shape index (κ1) is 96.7. The van der Waals surface area contributed by atoms with E-state index in [-0.39, 0.29) is 84.8 Å². The zero-order chi connectivity index (χ0) is 75.3. The Labute approximate surface area is 575 Å². The standard InChI is InChI=1S/C13H23NO3.C10H17NO4.C8H15NO.C7H10N2O2.C7H14N2.C5H9ClO2.C5H9NO2.C2H5B2O3.C2H7N.3CO2/c1-5-6-10(15)11(9-7-8-9)14-12(16)17-13(2,3)4;1-10(2,3)15-9(14)11-7(8(12)13)6-4-5-6;1-2-3-7(10)8(9)6-4-5-6;10-5-3-8-7(11)6(9-5)4-1-2-4;1-2-6(1)7-5-8-3-4-9-7;1-4(2)3-8-5(6)7;6-4(5(7)8)3-1-2-3;1-3-7-6-2-4-5;1-2-3;3*2-1-3/h9,11H,5-8H2,1-4H3,(H,14,16);6-7H,4-5H2,1-3H3,(H,11,14)(H,12,13);6,8H,2-5,9H2,1H3;4,6H,1-3H2,(H,8,11)(H,9,10);6-9H,1-5H2;4H,3H2,1-2H3;3-4H,1-2,6H2,(H,7,8);2H2,1H3;2-3H2,1H3;;;/t11-;7-;8-;6-;7-;;4-;;;;;/m11110.1...../s1. The molecule has 4 amide bonds. The largest absolute Gasteiger partial charge is 0.480 e. The average Bonchev–Trinajstić information content (AvgIpc) is 1.71. The van der Waals surface area contributed by atoms with Crippen LogP contribution in [0, 0.1) is 41.4 Å². The summed E-state index contributed by atoms with van der Waals surface area (Å²) in [5.41, 5.74) is 13.9. The Morgan fingerprint density at radius 1 is 0.660 bits per heavy atom. The topological polar surface area (TPSA) is 510 Å². The first-order valence-corrected chi connectivity index (χ1v) is 32.9. The van der Waals surface area contributed by atoms with E-state index in [0.29, 0.717) is 50.3 Å². The van der Waals surface area contributed by atoms with Crippen molar-refractivity contribution in [2.45, 2.75) is 233 Å². The third-order valence-electron chi connectivity index (χ3n) is 13.3. The number of ether oxygens (including phenoxy) is 3. The number of hydrogen-bond donors (Lipinski definition) is 11. The molecule has 0 aromatic carbocycles. The summed E-state index contributed by atoms with van der Waals surface area (Å²) in [7, 11) is 1.97. The molecule has 0 aromatic heterocycles. The van der Waals surface area contributed by atoms with Gasteiger partial charge < -0.3 is 73.5 Å². The minimum atomic E-state index is -0.997. The van der Waals surface area contributed by atoms with E-state index >= 15 is 0 Å². The van der Waals surface area contributed by atoms with E-state index < -0.39 is 52.8 Å². The fourth-order valence-corrected chi connectivity index (χ4v) is 8.03. The molecule has 2 aliphatic heterocycles. The summed E-state index contributed by atoms with van der Waals surface area (Å²) in [4.78, 5) is 156. The molecule has 6 saturated carbocycles. The van der Waals surface area contributed by atoms with E-state index in [1.165, 1.54) is 33.4 Å². The second kappa shape index (κ2) is 57.2. The van der Waals surface area contributed by atoms with E-state index in [2.05, 4.69) is 46.3 Å². The van der Waals surface area contributed by atoms with Crippen molar-refractivity contribution in [1.82, 2.24) is 31.9 Å². The molecule has 2 saturated heterocycles. The van der Waals surface area contributed by atoms with Crippen molar-refractivity contribution in [2.75, 3.05) is 45.8 Å². The van der Waals surface area contributed by atoms with Crippen LogP contribution in [0.1, 0.15) is 179 Å². The Hall–Kier alpha value is -6.69. The maximum absolute atomic E-state index is 11.9. The van der Waals surface area contributed by atoms with Crippen LogP contribution >= 0.6 is 11.6 Å². The monoisotopic (exact) mass is 1400 g/mol. The van der Waals surface area contributed by atoms with Crippen molar-refractivity contribution < 1.29 is 111 Å². The molecular weight excluding hydrogens is 1300 g/mol. The van der Waals surface area contributed by atoms with Crippen molar-refractivity contribution in [3.63, 3.8) is 0 Å². The number of carboxylic acids is 2. The summed E-state index contributed by atoms with van der Waals surface area (Å²) < 4.78 is 24.0. The molecule has 6 aliphatic carbocycles. The number of Topliss-reactive ketones (excluding diaryl/α,β-unsaturated/α-hetero) is 2. The number of alkyl carbamates (subject to hydrolysis) is 2. The minimum absolute atomic E-state index is 0.00958. The van der Waals surface area contributed by atoms with Gasteiger partial charge in [-0.15, -0.1) is 0 Å². The molecular formula is C62H109B2ClN9O23. The van der Waals surface area contributed by atoms with Gasteiger partial charge in [-0.3, -0.25) is 24.0 Å². The van der Waals surface area contributed by atoms with Gasteiger partial charge in [0.15, 0.2) is 5.78 Å². The molecule has 0 spiro atoms. The van der Waals surface area contributed by atoms with E-state index in [1.807, 2.05) is 55.4 Å². The maximum Gasteiger partial charge on any atom is 0.373 e. The van der Waals surface area contributed by atoms with Crippen molar-refractivity contribution >= 4 is 97.6 Å². The van der Waals surface area contributed by atoms with Crippen LogP contribution in [0.3, 0.4) is 0 Å². The number of aliphatic carboxylic acids is 2. The molecule has 32 nitrogen and oxygen atoms in total. The number of carboxylic acid groups (broad SMARTS) is 2. The molecule has 35 heteroatoms. The molecule has 8 rings (SSSR count). The molecule has 6 atom stereocenters. The van der Waals surface area contributed by atoms with Crippen molar-refractivity contribution in [3.05, 3.63) is 0 Å². The summed E-state index contributed by atoms with van der Waals surface area (Å²) in [6.07, 6.45) is 15.7. The van der Waals surface area contributed by atoms with Gasteiger partial charge in [0, 0.05) is 50.1 Å². The molecule has 8 aliphatic rings. The second-order valence-corrected chi connectivity index (χ2v) is 25.7. The predicted octanol–water partition coefficient (Wildman–Crippen LogP) is 3.74. The fourth-order valence-electron chi connectivity index (χ4n) is 7.96. The van der Waals surface area contributed by atoms with Crippen LogP contribution in [0.4, 0.5) is 14.4 Å². The Morgan fingerprint density at radius 3 is 1.40 bits per heavy atom. The van der Waals surface area contributed by atoms with Gasteiger partial charge in [0.1, 0.15) is 35.1 Å². The van der Waals surface area contributed by atoms with Crippen LogP contribution in [-0.4, -0.2) is 190 Å². The van der Waals surface area contributed by atoms with Crippen LogP contribution in [0.15, 0.2) is 0 Å². The first-order valence-electron chi connectivity index (χ1n) is 32.6. The normalized spacial score (nSPS) is 18.5. The number of nitrogens with one attached hydrogen (secondary N) is 6. The summed E-state index contributed by atoms with van der Waals surface area (Å²) in [5, 5.41) is 34.4. The number of carbonyl (C=O) groups excluding carboxylic acids is 13. The zero-order valence-corrected chi connectivity index (χ0v) is 59.3. The predicted molar refractivity (Wildman–Crippen MR) is 350 cm³/mol. The van der Waals surface area contributed by atoms with Gasteiger partial charge in [0.2, 0.25) is 11.8 Å². The molecule has 553 valence electrons. The van der Waals surface area contributed by atoms with Gasteiger partial charge in [0.25, 0.3) is 0 Å². The van der Waals surface area contributed by atoms with Gasteiger partial charge in [0.05, 0.1) is 25.2 Å². The SMILES string of the molecule is C1CN[C@H](C2CC2)CN1.CC(C)(C)OC(=O)N[C@@H](C(=O)O)C1CC1.CC(C)COC(=O)Cl.CCCC(=O)[C@H](N)C1CC1.CCCC(=O)[C@H](NC(=O)OC(C)(C)C)C1CC1.CCN.C[B]OOCB=O.N[C@@H](C(=O)O)C1CC1.O=C1CNC(=O)[C@@H](C2CC2)N1.O=C=O.O=C=O.O=C=O. The molecule has 8 fully saturated rings. The van der Waals surface area contributed by atoms with Crippen LogP contribution in [0.5, 0.6) is 0 Å². The Bertz CT molecular complexity index is 2350. The Morgan fingerprint density at radius 2 is 1.08 bits per heavy atom. The van der Waals surface area contributed by atoms with Crippen LogP contribution in [-0.2, 0) is 86.1 Å². The molecule has 0 bridgehead atoms. The number of amides is 4. The third kappa shape index (κ3) is 61.4. The number of hydrogen-bond acceptors (Lipinski definition) is 26. The number of halogens is 1. The Balaban J connectivity index is -0.000000504. The van der Waals surface area contributed by atoms with Crippen molar-refractivity contribution in [1.29, 1.82) is 0 Å². The van der Waals surface area contributed by atoms with Crippen molar-refractivity contribution in [2.24, 2.45) is 58.6 Å². The quantitative estimate of drug-likeness (QED) is 0.0184. The van der Waals surface area contributed by atoms with Gasteiger partial charge >= 0.3 is 90.4 Å². The summed E-state index contributed by atoms with van der Waals surface area (Å²) >= 11 is 4.86. The van der Waals surface area contributed by atoms with E-state index in [4.69, 9.17) is 77.3 Å². The number of nitrogens with two attached hydrogens (primary N) is 3. The molecule has 2 heterocycles. The summed E-state index contributed by atoms with van der Waals surface area (Å²) in [6.45, 7) is 26.9. The zero-order valence-electron chi connectivity index (χ0n) is 58.5. The summed E-state index contributed by atoms with van der Waals surface area (Å²) in [6, 6.07) is -1.32. The smallest absolute Gasteiger partial charge is 0.373 e. The van der Waals surface area contributed by atoms with Crippen LogP contribution in [0.25, 0.3) is 0 Å². The van der Waals surface area contributed by atoms with Gasteiger partial charge in [-0.1, -0.05) is 34.6 Å². The van der Waals surface area contributed by atoms with Crippen LogP contribution in [0.2, 0.25) is 6.82 Å². The maximum atomic E-state index is 11.9. The first-order chi connectivity index (χ1) is 45.5. The second-order valence-electron chi connectivity index (χ2n) is 25.3. The number of ketones is 2. The number of rotatable bonds is 22. The molecule has 0 aromatic rings. The van der Waals surface area contributed by atoms with Gasteiger partial charge in [-0.05, 0) is 179 Å². The number of carbonyl (C=O) groups is 9. The van der Waals surface area contributed by atoms with E-state index in [0.717, 1.165) is 102 Å². The van der Waals surface area contributed by atoms with Crippen LogP contribution < -0.4 is 49.1 Å². The molecule has 1 radical (unpaired) electrons. The Kier molecular flexibility index (Phi) is 57.1. The average molecular weight is 1410 g/mol. The van der Waals surface area contributed by atoms with E-state index in [1.54, 1.807) is 27.6 Å². The molecule has 14 N–H and O–H groups in total.